The van der Waals surface area contributed by atoms with Gasteiger partial charge in [-0.15, -0.1) is 11.3 Å². The molecule has 2 heterocycles. The summed E-state index contributed by atoms with van der Waals surface area (Å²) in [4.78, 5) is 10.2. The molecule has 1 saturated carbocycles. The van der Waals surface area contributed by atoms with Crippen molar-refractivity contribution in [3.8, 4) is 11.3 Å². The molecule has 0 atom stereocenters. The van der Waals surface area contributed by atoms with Crippen molar-refractivity contribution in [2.24, 2.45) is 5.92 Å². The number of nitrogens with zero attached hydrogens (tertiary/aromatic N) is 2. The largest absolute Gasteiger partial charge is 0.359 e. The van der Waals surface area contributed by atoms with E-state index < -0.39 is 10.0 Å². The number of halogens is 1. The highest BCUT2D eigenvalue weighted by atomic mass is 32.2. The number of aryl methyl sites for hydroxylation is 2. The van der Waals surface area contributed by atoms with Crippen molar-refractivity contribution in [2.45, 2.75) is 55.9 Å². The van der Waals surface area contributed by atoms with Crippen LogP contribution >= 0.6 is 11.3 Å². The van der Waals surface area contributed by atoms with Gasteiger partial charge in [0.15, 0.2) is 5.13 Å². The van der Waals surface area contributed by atoms with Crippen molar-refractivity contribution in [3.05, 3.63) is 59.0 Å². The van der Waals surface area contributed by atoms with Crippen LogP contribution in [0.15, 0.2) is 47.6 Å². The van der Waals surface area contributed by atoms with Gasteiger partial charge in [-0.1, -0.05) is 6.07 Å². The molecule has 0 spiro atoms. The van der Waals surface area contributed by atoms with E-state index in [0.29, 0.717) is 18.5 Å². The zero-order valence-electron chi connectivity index (χ0n) is 18.3. The van der Waals surface area contributed by atoms with Gasteiger partial charge < -0.3 is 5.32 Å². The summed E-state index contributed by atoms with van der Waals surface area (Å²) in [6.07, 6.45) is 9.73. The number of hydrogen-bond acceptors (Lipinski definition) is 6. The van der Waals surface area contributed by atoms with Crippen molar-refractivity contribution in [3.63, 3.8) is 0 Å². The van der Waals surface area contributed by atoms with Crippen LogP contribution in [0.2, 0.25) is 0 Å². The predicted molar refractivity (Wildman–Crippen MR) is 128 cm³/mol. The van der Waals surface area contributed by atoms with Crippen LogP contribution in [0, 0.1) is 11.7 Å². The van der Waals surface area contributed by atoms with Crippen LogP contribution in [0.5, 0.6) is 0 Å². The van der Waals surface area contributed by atoms with E-state index in [0.717, 1.165) is 61.3 Å². The van der Waals surface area contributed by atoms with Crippen LogP contribution in [0.4, 0.5) is 9.52 Å². The van der Waals surface area contributed by atoms with Gasteiger partial charge in [0.25, 0.3) is 0 Å². The molecule has 2 aliphatic rings. The predicted octanol–water partition coefficient (Wildman–Crippen LogP) is 4.78. The molecule has 2 aromatic heterocycles. The smallest absolute Gasteiger partial charge is 0.242 e. The van der Waals surface area contributed by atoms with Crippen LogP contribution in [0.3, 0.4) is 0 Å². The molecule has 174 valence electrons. The summed E-state index contributed by atoms with van der Waals surface area (Å²) in [7, 11) is -3.52. The monoisotopic (exact) mass is 486 g/mol. The van der Waals surface area contributed by atoms with E-state index in [1.807, 2.05) is 6.07 Å². The normalized spacial score (nSPS) is 20.5. The van der Waals surface area contributed by atoms with Crippen molar-refractivity contribution < 1.29 is 12.8 Å². The quantitative estimate of drug-likeness (QED) is 0.524. The number of thiazole rings is 1. The second kappa shape index (κ2) is 9.48. The molecule has 0 radical (unpaired) electrons. The maximum absolute atomic E-state index is 13.9. The minimum Gasteiger partial charge on any atom is -0.359 e. The van der Waals surface area contributed by atoms with Gasteiger partial charge in [-0.3, -0.25) is 4.98 Å². The number of rotatable bonds is 6. The third-order valence-corrected chi connectivity index (χ3v) is 9.01. The first kappa shape index (κ1) is 22.4. The fourth-order valence-electron chi connectivity index (χ4n) is 4.72. The topological polar surface area (TPSA) is 84.0 Å². The summed E-state index contributed by atoms with van der Waals surface area (Å²) < 4.78 is 41.4. The Labute approximate surface area is 197 Å². The molecule has 0 amide bonds. The summed E-state index contributed by atoms with van der Waals surface area (Å²) in [5.41, 5.74) is 3.02. The van der Waals surface area contributed by atoms with Gasteiger partial charge in [-0.05, 0) is 80.7 Å². The number of anilines is 1. The van der Waals surface area contributed by atoms with Crippen molar-refractivity contribution in [1.82, 2.24) is 14.7 Å². The van der Waals surface area contributed by atoms with Gasteiger partial charge in [0.1, 0.15) is 10.7 Å². The maximum atomic E-state index is 13.9. The van der Waals surface area contributed by atoms with E-state index in [9.17, 15) is 12.8 Å². The van der Waals surface area contributed by atoms with Gasteiger partial charge in [0.2, 0.25) is 10.0 Å². The summed E-state index contributed by atoms with van der Waals surface area (Å²) in [6.45, 7) is 0.442. The number of hydrogen-bond donors (Lipinski definition) is 2. The zero-order chi connectivity index (χ0) is 22.8. The SMILES string of the molecule is O=S(=O)(NCC1CCC(Nc2nc3c(s2)CCCc2ccc(F)cc2-3)CC1)c1cccnc1. The first-order chi connectivity index (χ1) is 16.0. The lowest BCUT2D eigenvalue weighted by Crippen LogP contribution is -2.34. The van der Waals surface area contributed by atoms with Gasteiger partial charge in [0.05, 0.1) is 5.69 Å². The first-order valence-corrected chi connectivity index (χ1v) is 13.7. The average Bonchev–Trinajstić information content (AvgIpc) is 3.14. The molecule has 0 aliphatic heterocycles. The summed E-state index contributed by atoms with van der Waals surface area (Å²) in [5, 5.41) is 4.49. The fraction of sp³-hybridized carbons (Fsp3) is 0.417. The van der Waals surface area contributed by atoms with E-state index in [1.54, 1.807) is 35.7 Å². The standard InChI is InChI=1S/C24H27FN4O2S2/c25-18-9-8-17-3-1-5-22-23(21(17)13-18)29-24(32-22)28-19-10-6-16(7-11-19)14-27-33(30,31)20-4-2-12-26-15-20/h2,4,8-9,12-13,15-16,19,27H,1,3,5-7,10-11,14H2,(H,28,29). The molecule has 2 N–H and O–H groups in total. The molecule has 0 bridgehead atoms. The Morgan fingerprint density at radius 3 is 2.76 bits per heavy atom. The van der Waals surface area contributed by atoms with Gasteiger partial charge in [0, 0.05) is 35.4 Å². The molecule has 3 aromatic rings. The number of pyridine rings is 1. The molecular weight excluding hydrogens is 459 g/mol. The number of sulfonamides is 1. The molecule has 5 rings (SSSR count). The molecule has 0 saturated heterocycles. The van der Waals surface area contributed by atoms with Crippen LogP contribution in [0.1, 0.15) is 42.5 Å². The molecule has 6 nitrogen and oxygen atoms in total. The Balaban J connectivity index is 1.18. The van der Waals surface area contributed by atoms with Crippen molar-refractivity contribution in [1.29, 1.82) is 0 Å². The van der Waals surface area contributed by atoms with Crippen molar-refractivity contribution >= 4 is 26.5 Å². The van der Waals surface area contributed by atoms with E-state index in [2.05, 4.69) is 15.0 Å². The van der Waals surface area contributed by atoms with Gasteiger partial charge in [-0.25, -0.2) is 22.5 Å². The third kappa shape index (κ3) is 5.10. The summed E-state index contributed by atoms with van der Waals surface area (Å²) in [5.74, 6) is 0.0962. The molecule has 1 fully saturated rings. The molecule has 33 heavy (non-hydrogen) atoms. The number of benzene rings is 1. The van der Waals surface area contributed by atoms with E-state index in [4.69, 9.17) is 4.98 Å². The highest BCUT2D eigenvalue weighted by molar-refractivity contribution is 7.89. The number of nitrogens with one attached hydrogen (secondary N) is 2. The minimum atomic E-state index is -3.52. The molecule has 2 aliphatic carbocycles. The lowest BCUT2D eigenvalue weighted by atomic mass is 9.86. The van der Waals surface area contributed by atoms with Crippen LogP contribution in [-0.4, -0.2) is 31.0 Å². The van der Waals surface area contributed by atoms with Crippen LogP contribution in [-0.2, 0) is 22.9 Å². The van der Waals surface area contributed by atoms with Crippen molar-refractivity contribution in [2.75, 3.05) is 11.9 Å². The molecule has 9 heteroatoms. The minimum absolute atomic E-state index is 0.199. The van der Waals surface area contributed by atoms with E-state index >= 15 is 0 Å². The lowest BCUT2D eigenvalue weighted by Gasteiger charge is -2.29. The molecule has 1 aromatic carbocycles. The zero-order valence-corrected chi connectivity index (χ0v) is 19.9. The summed E-state index contributed by atoms with van der Waals surface area (Å²) in [6, 6.07) is 8.52. The second-order valence-electron chi connectivity index (χ2n) is 8.85. The molecular formula is C24H27FN4O2S2. The third-order valence-electron chi connectivity index (χ3n) is 6.56. The van der Waals surface area contributed by atoms with E-state index in [-0.39, 0.29) is 10.7 Å². The molecule has 0 unspecified atom stereocenters. The summed E-state index contributed by atoms with van der Waals surface area (Å²) >= 11 is 1.68. The Bertz CT molecular complexity index is 1220. The first-order valence-electron chi connectivity index (χ1n) is 11.4. The Morgan fingerprint density at radius 2 is 1.97 bits per heavy atom. The second-order valence-corrected chi connectivity index (χ2v) is 11.7. The number of aromatic nitrogens is 2. The highest BCUT2D eigenvalue weighted by Gasteiger charge is 2.25. The Morgan fingerprint density at radius 1 is 1.12 bits per heavy atom. The maximum Gasteiger partial charge on any atom is 0.242 e. The van der Waals surface area contributed by atoms with E-state index in [1.165, 1.54) is 22.7 Å². The van der Waals surface area contributed by atoms with Gasteiger partial charge in [-0.2, -0.15) is 0 Å². The lowest BCUT2D eigenvalue weighted by molar-refractivity contribution is 0.337. The van der Waals surface area contributed by atoms with Crippen LogP contribution < -0.4 is 10.0 Å². The Hall–Kier alpha value is -2.36. The average molecular weight is 487 g/mol. The fourth-order valence-corrected chi connectivity index (χ4v) is 6.90. The number of fused-ring (bicyclic) bond motifs is 3. The van der Waals surface area contributed by atoms with Crippen LogP contribution in [0.25, 0.3) is 11.3 Å². The Kier molecular flexibility index (Phi) is 6.44. The highest BCUT2D eigenvalue weighted by Crippen LogP contribution is 2.38. The van der Waals surface area contributed by atoms with Gasteiger partial charge >= 0.3 is 0 Å².